The molecule has 1 fully saturated rings. The summed E-state index contributed by atoms with van der Waals surface area (Å²) in [5.74, 6) is 1.78. The summed E-state index contributed by atoms with van der Waals surface area (Å²) in [6, 6.07) is 12.9. The zero-order chi connectivity index (χ0) is 20.4. The predicted octanol–water partition coefficient (Wildman–Crippen LogP) is 4.38. The summed E-state index contributed by atoms with van der Waals surface area (Å²) in [6.45, 7) is 7.30. The third kappa shape index (κ3) is 4.27. The standard InChI is InChI=1S/C25H32N2O2/c1-17-4-7-19(8-5-17)16-27-12-10-20(11-13-27)23-14-22-21(24(29-23)15-26-3)9-6-18(2)25(22)28/h4-9,15,20,23,26,28H,10-14,16H2,1-3H3/b24-15-/t23-/m0/s1. The van der Waals surface area contributed by atoms with Gasteiger partial charge in [-0.15, -0.1) is 0 Å². The molecule has 2 heterocycles. The van der Waals surface area contributed by atoms with Gasteiger partial charge in [-0.3, -0.25) is 4.90 Å². The zero-order valence-electron chi connectivity index (χ0n) is 17.7. The van der Waals surface area contributed by atoms with Crippen LogP contribution < -0.4 is 5.32 Å². The van der Waals surface area contributed by atoms with Crippen LogP contribution in [0.15, 0.2) is 42.6 Å². The Morgan fingerprint density at radius 1 is 1.10 bits per heavy atom. The largest absolute Gasteiger partial charge is 0.507 e. The van der Waals surface area contributed by atoms with Crippen LogP contribution in [-0.2, 0) is 17.7 Å². The molecule has 2 aliphatic rings. The lowest BCUT2D eigenvalue weighted by Crippen LogP contribution is -2.40. The van der Waals surface area contributed by atoms with E-state index in [9.17, 15) is 5.11 Å². The van der Waals surface area contributed by atoms with Gasteiger partial charge < -0.3 is 15.2 Å². The minimum atomic E-state index is 0.122. The number of ether oxygens (including phenoxy) is 1. The predicted molar refractivity (Wildman–Crippen MR) is 118 cm³/mol. The molecular formula is C25H32N2O2. The maximum Gasteiger partial charge on any atom is 0.142 e. The maximum atomic E-state index is 10.7. The van der Waals surface area contributed by atoms with Gasteiger partial charge in [-0.1, -0.05) is 42.0 Å². The van der Waals surface area contributed by atoms with Gasteiger partial charge in [0.1, 0.15) is 17.6 Å². The highest BCUT2D eigenvalue weighted by molar-refractivity contribution is 5.68. The van der Waals surface area contributed by atoms with E-state index in [2.05, 4.69) is 47.5 Å². The van der Waals surface area contributed by atoms with Crippen LogP contribution in [0, 0.1) is 19.8 Å². The second kappa shape index (κ2) is 8.50. The molecule has 1 atom stereocenters. The number of piperidine rings is 1. The van der Waals surface area contributed by atoms with E-state index in [1.807, 2.05) is 26.2 Å². The van der Waals surface area contributed by atoms with E-state index >= 15 is 0 Å². The van der Waals surface area contributed by atoms with E-state index in [0.29, 0.717) is 11.7 Å². The number of aromatic hydroxyl groups is 1. The second-order valence-corrected chi connectivity index (χ2v) is 8.51. The van der Waals surface area contributed by atoms with Crippen molar-refractivity contribution in [3.05, 3.63) is 70.4 Å². The van der Waals surface area contributed by atoms with E-state index < -0.39 is 0 Å². The average Bonchev–Trinajstić information content (AvgIpc) is 2.73. The highest BCUT2D eigenvalue weighted by Crippen LogP contribution is 2.40. The molecule has 2 aromatic rings. The monoisotopic (exact) mass is 392 g/mol. The van der Waals surface area contributed by atoms with Gasteiger partial charge in [0.2, 0.25) is 0 Å². The fourth-order valence-electron chi connectivity index (χ4n) is 4.60. The number of rotatable bonds is 4. The van der Waals surface area contributed by atoms with Crippen LogP contribution in [0.4, 0.5) is 0 Å². The van der Waals surface area contributed by atoms with Crippen LogP contribution in [-0.4, -0.2) is 36.2 Å². The van der Waals surface area contributed by atoms with Crippen LogP contribution in [0.3, 0.4) is 0 Å². The lowest BCUT2D eigenvalue weighted by atomic mass is 9.84. The summed E-state index contributed by atoms with van der Waals surface area (Å²) in [7, 11) is 1.89. The first kappa shape index (κ1) is 19.8. The summed E-state index contributed by atoms with van der Waals surface area (Å²) in [6.07, 6.45) is 5.08. The first-order chi connectivity index (χ1) is 14.0. The van der Waals surface area contributed by atoms with Crippen LogP contribution in [0.5, 0.6) is 5.75 Å². The minimum Gasteiger partial charge on any atom is -0.507 e. The van der Waals surface area contributed by atoms with Crippen LogP contribution in [0.2, 0.25) is 0 Å². The lowest BCUT2D eigenvalue weighted by Gasteiger charge is -2.39. The Morgan fingerprint density at radius 2 is 1.83 bits per heavy atom. The number of phenols is 1. The number of fused-ring (bicyclic) bond motifs is 1. The summed E-state index contributed by atoms with van der Waals surface area (Å²) < 4.78 is 6.42. The molecule has 2 aromatic carbocycles. The van der Waals surface area contributed by atoms with Crippen molar-refractivity contribution >= 4 is 5.76 Å². The molecule has 2 aliphatic heterocycles. The van der Waals surface area contributed by atoms with Crippen LogP contribution in [0.25, 0.3) is 5.76 Å². The van der Waals surface area contributed by atoms with Gasteiger partial charge in [0.05, 0.1) is 0 Å². The lowest BCUT2D eigenvalue weighted by molar-refractivity contribution is 0.0504. The number of hydrogen-bond donors (Lipinski definition) is 2. The average molecular weight is 393 g/mol. The Hall–Kier alpha value is -2.46. The molecule has 29 heavy (non-hydrogen) atoms. The topological polar surface area (TPSA) is 44.7 Å². The molecule has 0 aliphatic carbocycles. The number of aryl methyl sites for hydroxylation is 2. The molecule has 0 saturated carbocycles. The van der Waals surface area contributed by atoms with Crippen molar-refractivity contribution in [2.24, 2.45) is 5.92 Å². The van der Waals surface area contributed by atoms with Gasteiger partial charge in [0.25, 0.3) is 0 Å². The smallest absolute Gasteiger partial charge is 0.142 e. The van der Waals surface area contributed by atoms with Gasteiger partial charge in [0, 0.05) is 37.3 Å². The van der Waals surface area contributed by atoms with Crippen molar-refractivity contribution in [3.8, 4) is 5.75 Å². The Bertz CT molecular complexity index is 880. The Kier molecular flexibility index (Phi) is 5.81. The van der Waals surface area contributed by atoms with Gasteiger partial charge >= 0.3 is 0 Å². The molecule has 1 saturated heterocycles. The van der Waals surface area contributed by atoms with Crippen molar-refractivity contribution in [3.63, 3.8) is 0 Å². The van der Waals surface area contributed by atoms with Crippen LogP contribution in [0.1, 0.15) is 40.7 Å². The fraction of sp³-hybridized carbons (Fsp3) is 0.440. The molecule has 0 aromatic heterocycles. The third-order valence-corrected chi connectivity index (χ3v) is 6.39. The Labute approximate surface area is 174 Å². The molecule has 0 bridgehead atoms. The minimum absolute atomic E-state index is 0.122. The number of phenolic OH excluding ortho intramolecular Hbond substituents is 1. The second-order valence-electron chi connectivity index (χ2n) is 8.51. The quantitative estimate of drug-likeness (QED) is 0.810. The number of nitrogens with one attached hydrogen (secondary N) is 1. The fourth-order valence-corrected chi connectivity index (χ4v) is 4.60. The first-order valence-corrected chi connectivity index (χ1v) is 10.7. The van der Waals surface area contributed by atoms with E-state index in [-0.39, 0.29) is 6.10 Å². The van der Waals surface area contributed by atoms with E-state index in [4.69, 9.17) is 4.74 Å². The van der Waals surface area contributed by atoms with Crippen molar-refractivity contribution in [1.82, 2.24) is 10.2 Å². The van der Waals surface area contributed by atoms with Crippen molar-refractivity contribution in [2.75, 3.05) is 20.1 Å². The SMILES string of the molecule is CN/C=C1\O[C@H](C2CCN(Cc3ccc(C)cc3)CC2)Cc2c1ccc(C)c2O. The maximum absolute atomic E-state index is 10.7. The number of likely N-dealkylation sites (tertiary alicyclic amines) is 1. The molecule has 0 amide bonds. The van der Waals surface area contributed by atoms with Gasteiger partial charge in [-0.2, -0.15) is 0 Å². The Balaban J connectivity index is 1.44. The highest BCUT2D eigenvalue weighted by atomic mass is 16.5. The number of hydrogen-bond acceptors (Lipinski definition) is 4. The molecule has 0 radical (unpaired) electrons. The van der Waals surface area contributed by atoms with Gasteiger partial charge in [0.15, 0.2) is 0 Å². The normalized spacial score (nSPS) is 21.6. The van der Waals surface area contributed by atoms with E-state index in [1.54, 1.807) is 0 Å². The molecule has 4 rings (SSSR count). The van der Waals surface area contributed by atoms with E-state index in [0.717, 1.165) is 61.3 Å². The van der Waals surface area contributed by atoms with Crippen molar-refractivity contribution in [1.29, 1.82) is 0 Å². The summed E-state index contributed by atoms with van der Waals surface area (Å²) in [5.41, 5.74) is 5.67. The molecule has 2 N–H and O–H groups in total. The summed E-state index contributed by atoms with van der Waals surface area (Å²) in [4.78, 5) is 2.55. The van der Waals surface area contributed by atoms with E-state index in [1.165, 1.54) is 11.1 Å². The number of nitrogens with zero attached hydrogens (tertiary/aromatic N) is 1. The molecule has 0 spiro atoms. The molecule has 0 unspecified atom stereocenters. The molecule has 154 valence electrons. The van der Waals surface area contributed by atoms with Crippen molar-refractivity contribution in [2.45, 2.75) is 45.8 Å². The third-order valence-electron chi connectivity index (χ3n) is 6.39. The van der Waals surface area contributed by atoms with Gasteiger partial charge in [-0.25, -0.2) is 0 Å². The molecular weight excluding hydrogens is 360 g/mol. The first-order valence-electron chi connectivity index (χ1n) is 10.7. The number of benzene rings is 2. The van der Waals surface area contributed by atoms with Crippen LogP contribution >= 0.6 is 0 Å². The van der Waals surface area contributed by atoms with Crippen molar-refractivity contribution < 1.29 is 9.84 Å². The Morgan fingerprint density at radius 3 is 2.52 bits per heavy atom. The zero-order valence-corrected chi connectivity index (χ0v) is 17.7. The van der Waals surface area contributed by atoms with Gasteiger partial charge in [-0.05, 0) is 56.8 Å². The summed E-state index contributed by atoms with van der Waals surface area (Å²) in [5, 5.41) is 13.8. The molecule has 4 nitrogen and oxygen atoms in total. The molecule has 4 heteroatoms. The highest BCUT2D eigenvalue weighted by Gasteiger charge is 2.34. The summed E-state index contributed by atoms with van der Waals surface area (Å²) >= 11 is 0.